The van der Waals surface area contributed by atoms with Crippen molar-refractivity contribution >= 4 is 17.5 Å². The van der Waals surface area contributed by atoms with E-state index in [4.69, 9.17) is 9.47 Å². The van der Waals surface area contributed by atoms with Gasteiger partial charge in [0.05, 0.1) is 19.6 Å². The van der Waals surface area contributed by atoms with Gasteiger partial charge in [0.1, 0.15) is 0 Å². The van der Waals surface area contributed by atoms with Gasteiger partial charge in [-0.25, -0.2) is 0 Å². The summed E-state index contributed by atoms with van der Waals surface area (Å²) in [5.74, 6) is 1.16. The molecule has 1 aliphatic rings. The highest BCUT2D eigenvalue weighted by Crippen LogP contribution is 2.38. The van der Waals surface area contributed by atoms with Gasteiger partial charge in [0.15, 0.2) is 11.5 Å². The fraction of sp³-hybridized carbons (Fsp3) is 0.391. The Balaban J connectivity index is 1.94. The van der Waals surface area contributed by atoms with Gasteiger partial charge in [0, 0.05) is 31.8 Å². The van der Waals surface area contributed by atoms with E-state index in [1.165, 1.54) is 0 Å². The maximum atomic E-state index is 13.6. The van der Waals surface area contributed by atoms with Gasteiger partial charge in [-0.15, -0.1) is 0 Å². The zero-order chi connectivity index (χ0) is 21.0. The smallest absolute Gasteiger partial charge is 0.235 e. The Morgan fingerprint density at radius 2 is 1.59 bits per heavy atom. The van der Waals surface area contributed by atoms with Crippen LogP contribution >= 0.6 is 0 Å². The predicted octanol–water partition coefficient (Wildman–Crippen LogP) is 3.53. The Bertz CT molecular complexity index is 887. The summed E-state index contributed by atoms with van der Waals surface area (Å²) in [6, 6.07) is 13.5. The van der Waals surface area contributed by atoms with Crippen LogP contribution < -0.4 is 14.8 Å². The van der Waals surface area contributed by atoms with Crippen molar-refractivity contribution < 1.29 is 19.1 Å². The van der Waals surface area contributed by atoms with E-state index in [-0.39, 0.29) is 11.8 Å². The summed E-state index contributed by atoms with van der Waals surface area (Å²) in [6.45, 7) is 4.61. The van der Waals surface area contributed by atoms with Gasteiger partial charge < -0.3 is 19.7 Å². The number of likely N-dealkylation sites (tertiary alicyclic amines) is 1. The van der Waals surface area contributed by atoms with Crippen LogP contribution in [0.1, 0.15) is 30.9 Å². The van der Waals surface area contributed by atoms with E-state index >= 15 is 0 Å². The number of benzene rings is 2. The molecule has 0 atom stereocenters. The third-order valence-electron chi connectivity index (χ3n) is 5.80. The summed E-state index contributed by atoms with van der Waals surface area (Å²) in [5.41, 5.74) is 1.86. The molecule has 2 aromatic carbocycles. The van der Waals surface area contributed by atoms with E-state index in [0.717, 1.165) is 11.1 Å². The molecule has 154 valence electrons. The van der Waals surface area contributed by atoms with Gasteiger partial charge in [0.25, 0.3) is 0 Å². The number of ether oxygens (including phenoxy) is 2. The van der Waals surface area contributed by atoms with E-state index in [1.54, 1.807) is 32.1 Å². The number of rotatable bonds is 5. The zero-order valence-corrected chi connectivity index (χ0v) is 17.5. The molecule has 0 radical (unpaired) electrons. The summed E-state index contributed by atoms with van der Waals surface area (Å²) in [6.07, 6.45) is 1.16. The van der Waals surface area contributed by atoms with Crippen LogP contribution in [0.5, 0.6) is 11.5 Å². The first-order valence-corrected chi connectivity index (χ1v) is 9.76. The lowest BCUT2D eigenvalue weighted by molar-refractivity contribution is -0.133. The number of nitrogens with zero attached hydrogens (tertiary/aromatic N) is 1. The van der Waals surface area contributed by atoms with E-state index in [0.29, 0.717) is 43.1 Å². The molecule has 0 aliphatic carbocycles. The Labute approximate surface area is 171 Å². The first-order chi connectivity index (χ1) is 13.9. The van der Waals surface area contributed by atoms with Crippen molar-refractivity contribution in [2.45, 2.75) is 32.1 Å². The number of hydrogen-bond acceptors (Lipinski definition) is 4. The predicted molar refractivity (Wildman–Crippen MR) is 113 cm³/mol. The Morgan fingerprint density at radius 3 is 2.14 bits per heavy atom. The first kappa shape index (κ1) is 20.7. The minimum Gasteiger partial charge on any atom is -0.493 e. The van der Waals surface area contributed by atoms with E-state index in [9.17, 15) is 9.59 Å². The third-order valence-corrected chi connectivity index (χ3v) is 5.80. The van der Waals surface area contributed by atoms with Crippen LogP contribution in [0.2, 0.25) is 0 Å². The second-order valence-corrected chi connectivity index (χ2v) is 7.43. The number of amides is 2. The molecule has 29 heavy (non-hydrogen) atoms. The van der Waals surface area contributed by atoms with Crippen LogP contribution in [0.25, 0.3) is 0 Å². The molecule has 6 nitrogen and oxygen atoms in total. The monoisotopic (exact) mass is 396 g/mol. The van der Waals surface area contributed by atoms with Crippen LogP contribution in [0.15, 0.2) is 42.5 Å². The zero-order valence-electron chi connectivity index (χ0n) is 17.5. The molecular formula is C23H28N2O4. The van der Waals surface area contributed by atoms with Crippen molar-refractivity contribution in [2.75, 3.05) is 32.6 Å². The molecule has 2 amide bonds. The van der Waals surface area contributed by atoms with Gasteiger partial charge in [-0.05, 0) is 37.0 Å². The number of carbonyl (C=O) groups is 2. The lowest BCUT2D eigenvalue weighted by atomic mass is 9.72. The van der Waals surface area contributed by atoms with Gasteiger partial charge in [0.2, 0.25) is 11.8 Å². The van der Waals surface area contributed by atoms with Gasteiger partial charge in [-0.3, -0.25) is 9.59 Å². The summed E-state index contributed by atoms with van der Waals surface area (Å²) in [4.78, 5) is 27.2. The van der Waals surface area contributed by atoms with Crippen molar-refractivity contribution in [2.24, 2.45) is 0 Å². The van der Waals surface area contributed by atoms with Crippen LogP contribution in [-0.2, 0) is 15.0 Å². The Morgan fingerprint density at radius 1 is 1.00 bits per heavy atom. The summed E-state index contributed by atoms with van der Waals surface area (Å²) in [5, 5.41) is 3.11. The molecule has 0 bridgehead atoms. The second kappa shape index (κ2) is 8.55. The third kappa shape index (κ3) is 4.06. The van der Waals surface area contributed by atoms with E-state index < -0.39 is 5.41 Å². The molecule has 1 fully saturated rings. The van der Waals surface area contributed by atoms with Gasteiger partial charge in [-0.1, -0.05) is 30.3 Å². The van der Waals surface area contributed by atoms with Crippen LogP contribution in [0.4, 0.5) is 5.69 Å². The van der Waals surface area contributed by atoms with Crippen molar-refractivity contribution in [3.05, 3.63) is 53.6 Å². The molecule has 1 saturated heterocycles. The molecular weight excluding hydrogens is 368 g/mol. The molecule has 0 unspecified atom stereocenters. The van der Waals surface area contributed by atoms with Crippen molar-refractivity contribution in [3.63, 3.8) is 0 Å². The Kier molecular flexibility index (Phi) is 6.11. The second-order valence-electron chi connectivity index (χ2n) is 7.43. The number of aryl methyl sites for hydroxylation is 1. The lowest BCUT2D eigenvalue weighted by Crippen LogP contribution is -2.50. The first-order valence-electron chi connectivity index (χ1n) is 9.76. The standard InChI is InChI=1S/C23H28N2O4/c1-16-14-20(28-3)21(29-4)15-19(16)24-22(27)23(18-8-6-5-7-9-18)10-12-25(13-11-23)17(2)26/h5-9,14-15H,10-13H2,1-4H3,(H,24,27). The number of piperidine rings is 1. The largest absolute Gasteiger partial charge is 0.493 e. The molecule has 6 heteroatoms. The highest BCUT2D eigenvalue weighted by molar-refractivity contribution is 6.00. The molecule has 1 heterocycles. The SMILES string of the molecule is COc1cc(C)c(NC(=O)C2(c3ccccc3)CCN(C(C)=O)CC2)cc1OC. The van der Waals surface area contributed by atoms with Crippen molar-refractivity contribution in [3.8, 4) is 11.5 Å². The van der Waals surface area contributed by atoms with Gasteiger partial charge >= 0.3 is 0 Å². The molecule has 1 aliphatic heterocycles. The number of carbonyl (C=O) groups excluding carboxylic acids is 2. The number of nitrogens with one attached hydrogen (secondary N) is 1. The molecule has 0 spiro atoms. The quantitative estimate of drug-likeness (QED) is 0.840. The fourth-order valence-corrected chi connectivity index (χ4v) is 3.96. The van der Waals surface area contributed by atoms with E-state index in [2.05, 4.69) is 5.32 Å². The highest BCUT2D eigenvalue weighted by atomic mass is 16.5. The fourth-order valence-electron chi connectivity index (χ4n) is 3.96. The normalized spacial score (nSPS) is 15.5. The minimum atomic E-state index is -0.688. The molecule has 0 aromatic heterocycles. The number of methoxy groups -OCH3 is 2. The van der Waals surface area contributed by atoms with Crippen molar-refractivity contribution in [1.82, 2.24) is 4.90 Å². The lowest BCUT2D eigenvalue weighted by Gasteiger charge is -2.41. The molecule has 2 aromatic rings. The maximum Gasteiger partial charge on any atom is 0.235 e. The Hall–Kier alpha value is -3.02. The van der Waals surface area contributed by atoms with Crippen LogP contribution in [0, 0.1) is 6.92 Å². The summed E-state index contributed by atoms with van der Waals surface area (Å²) >= 11 is 0. The maximum absolute atomic E-state index is 13.6. The van der Waals surface area contributed by atoms with Crippen molar-refractivity contribution in [1.29, 1.82) is 0 Å². The summed E-state index contributed by atoms with van der Waals surface area (Å²) < 4.78 is 10.7. The topological polar surface area (TPSA) is 67.9 Å². The minimum absolute atomic E-state index is 0.0443. The van der Waals surface area contributed by atoms with Crippen LogP contribution in [-0.4, -0.2) is 44.0 Å². The average molecular weight is 396 g/mol. The molecule has 0 saturated carbocycles. The number of hydrogen-bond donors (Lipinski definition) is 1. The summed E-state index contributed by atoms with van der Waals surface area (Å²) in [7, 11) is 3.16. The van der Waals surface area contributed by atoms with E-state index in [1.807, 2.05) is 43.3 Å². The number of anilines is 1. The molecule has 3 rings (SSSR count). The van der Waals surface area contributed by atoms with Gasteiger partial charge in [-0.2, -0.15) is 0 Å². The highest BCUT2D eigenvalue weighted by Gasteiger charge is 2.43. The van der Waals surface area contributed by atoms with Crippen LogP contribution in [0.3, 0.4) is 0 Å². The molecule has 1 N–H and O–H groups in total. The average Bonchev–Trinajstić information content (AvgIpc) is 2.75.